The van der Waals surface area contributed by atoms with Crippen molar-refractivity contribution in [3.8, 4) is 5.75 Å². The molecule has 0 aliphatic carbocycles. The van der Waals surface area contributed by atoms with Crippen LogP contribution in [0.1, 0.15) is 33.7 Å². The van der Waals surface area contributed by atoms with Gasteiger partial charge in [-0.1, -0.05) is 30.3 Å². The van der Waals surface area contributed by atoms with Crippen molar-refractivity contribution in [2.45, 2.75) is 25.9 Å². The Morgan fingerprint density at radius 2 is 2.04 bits per heavy atom. The number of ether oxygens (including phenoxy) is 1. The first-order valence-corrected chi connectivity index (χ1v) is 8.89. The van der Waals surface area contributed by atoms with Gasteiger partial charge in [-0.2, -0.15) is 0 Å². The summed E-state index contributed by atoms with van der Waals surface area (Å²) in [5, 5.41) is 8.51. The molecule has 3 heterocycles. The third-order valence-corrected chi connectivity index (χ3v) is 4.85. The van der Waals surface area contributed by atoms with E-state index in [4.69, 9.17) is 4.74 Å². The van der Waals surface area contributed by atoms with Gasteiger partial charge < -0.3 is 14.2 Å². The van der Waals surface area contributed by atoms with Crippen LogP contribution < -0.4 is 4.74 Å². The maximum Gasteiger partial charge on any atom is 0.273 e. The standard InChI is InChI=1S/C20H21N5O2/c1-14-22-23-19-13-24(20(26)18-11-17(27-2)8-9-21-18)12-16(25(14)19)10-15-6-4-3-5-7-15/h3-9,11,16H,10,12-13H2,1-2H3/t16-/m1/s1. The largest absolute Gasteiger partial charge is 0.497 e. The van der Waals surface area contributed by atoms with E-state index in [0.717, 1.165) is 18.1 Å². The molecule has 0 spiro atoms. The summed E-state index contributed by atoms with van der Waals surface area (Å²) in [6.45, 7) is 2.96. The first kappa shape index (κ1) is 17.2. The van der Waals surface area contributed by atoms with Crippen LogP contribution in [0.25, 0.3) is 0 Å². The van der Waals surface area contributed by atoms with E-state index in [9.17, 15) is 4.79 Å². The molecule has 0 N–H and O–H groups in total. The van der Waals surface area contributed by atoms with Gasteiger partial charge in [-0.25, -0.2) is 0 Å². The molecule has 0 fully saturated rings. The van der Waals surface area contributed by atoms with Gasteiger partial charge in [0, 0.05) is 18.8 Å². The fourth-order valence-electron chi connectivity index (χ4n) is 3.58. The van der Waals surface area contributed by atoms with E-state index in [2.05, 4.69) is 31.9 Å². The maximum atomic E-state index is 13.0. The molecule has 138 valence electrons. The minimum Gasteiger partial charge on any atom is -0.497 e. The van der Waals surface area contributed by atoms with Crippen LogP contribution >= 0.6 is 0 Å². The van der Waals surface area contributed by atoms with Gasteiger partial charge in [0.2, 0.25) is 0 Å². The summed E-state index contributed by atoms with van der Waals surface area (Å²) < 4.78 is 7.36. The second-order valence-corrected chi connectivity index (χ2v) is 6.64. The molecule has 0 saturated heterocycles. The molecule has 0 unspecified atom stereocenters. The Labute approximate surface area is 157 Å². The van der Waals surface area contributed by atoms with Gasteiger partial charge >= 0.3 is 0 Å². The van der Waals surface area contributed by atoms with E-state index in [1.807, 2.05) is 25.1 Å². The van der Waals surface area contributed by atoms with Gasteiger partial charge in [-0.3, -0.25) is 9.78 Å². The summed E-state index contributed by atoms with van der Waals surface area (Å²) in [4.78, 5) is 19.0. The van der Waals surface area contributed by atoms with Crippen molar-refractivity contribution in [2.75, 3.05) is 13.7 Å². The maximum absolute atomic E-state index is 13.0. The number of amides is 1. The smallest absolute Gasteiger partial charge is 0.273 e. The average molecular weight is 363 g/mol. The second kappa shape index (κ2) is 7.19. The predicted molar refractivity (Wildman–Crippen MR) is 99.5 cm³/mol. The molecular weight excluding hydrogens is 342 g/mol. The van der Waals surface area contributed by atoms with Crippen molar-refractivity contribution >= 4 is 5.91 Å². The average Bonchev–Trinajstić information content (AvgIpc) is 3.09. The number of carbonyl (C=O) groups is 1. The summed E-state index contributed by atoms with van der Waals surface area (Å²) in [6, 6.07) is 13.7. The highest BCUT2D eigenvalue weighted by molar-refractivity contribution is 5.92. The zero-order valence-electron chi connectivity index (χ0n) is 15.4. The molecule has 4 rings (SSSR count). The van der Waals surface area contributed by atoms with Crippen LogP contribution in [-0.4, -0.2) is 44.2 Å². The molecule has 1 amide bonds. The molecule has 0 radical (unpaired) electrons. The zero-order valence-corrected chi connectivity index (χ0v) is 15.4. The highest BCUT2D eigenvalue weighted by Crippen LogP contribution is 2.26. The normalized spacial score (nSPS) is 16.1. The number of hydrogen-bond acceptors (Lipinski definition) is 5. The van der Waals surface area contributed by atoms with Gasteiger partial charge in [-0.05, 0) is 25.0 Å². The molecule has 2 aromatic heterocycles. The fraction of sp³-hybridized carbons (Fsp3) is 0.300. The molecular formula is C20H21N5O2. The van der Waals surface area contributed by atoms with Crippen LogP contribution in [0.5, 0.6) is 5.75 Å². The summed E-state index contributed by atoms with van der Waals surface area (Å²) in [5.41, 5.74) is 1.59. The third kappa shape index (κ3) is 3.40. The van der Waals surface area contributed by atoms with Gasteiger partial charge in [0.05, 0.1) is 19.7 Å². The highest BCUT2D eigenvalue weighted by Gasteiger charge is 2.31. The number of pyridine rings is 1. The van der Waals surface area contributed by atoms with Crippen molar-refractivity contribution in [2.24, 2.45) is 0 Å². The molecule has 3 aromatic rings. The van der Waals surface area contributed by atoms with E-state index in [1.54, 1.807) is 30.3 Å². The molecule has 7 nitrogen and oxygen atoms in total. The Balaban J connectivity index is 1.63. The Hall–Kier alpha value is -3.22. The number of fused-ring (bicyclic) bond motifs is 1. The lowest BCUT2D eigenvalue weighted by Crippen LogP contribution is -2.42. The number of aromatic nitrogens is 4. The molecule has 0 bridgehead atoms. The van der Waals surface area contributed by atoms with Crippen molar-refractivity contribution < 1.29 is 9.53 Å². The van der Waals surface area contributed by atoms with Crippen LogP contribution in [0.15, 0.2) is 48.7 Å². The Bertz CT molecular complexity index is 954. The van der Waals surface area contributed by atoms with Gasteiger partial charge in [0.25, 0.3) is 5.91 Å². The van der Waals surface area contributed by atoms with Crippen LogP contribution in [0, 0.1) is 6.92 Å². The molecule has 7 heteroatoms. The third-order valence-electron chi connectivity index (χ3n) is 4.85. The predicted octanol–water partition coefficient (Wildman–Crippen LogP) is 2.43. The van der Waals surface area contributed by atoms with Crippen LogP contribution in [-0.2, 0) is 13.0 Å². The summed E-state index contributed by atoms with van der Waals surface area (Å²) in [7, 11) is 1.58. The quantitative estimate of drug-likeness (QED) is 0.712. The lowest BCUT2D eigenvalue weighted by Gasteiger charge is -2.34. The van der Waals surface area contributed by atoms with Crippen LogP contribution in [0.4, 0.5) is 0 Å². The number of nitrogens with zero attached hydrogens (tertiary/aromatic N) is 5. The monoisotopic (exact) mass is 363 g/mol. The van der Waals surface area contributed by atoms with E-state index >= 15 is 0 Å². The molecule has 1 aliphatic rings. The van der Waals surface area contributed by atoms with Crippen LogP contribution in [0.3, 0.4) is 0 Å². The van der Waals surface area contributed by atoms with Gasteiger partial charge in [0.15, 0.2) is 5.82 Å². The van der Waals surface area contributed by atoms with Crippen molar-refractivity contribution in [3.05, 3.63) is 71.6 Å². The molecule has 27 heavy (non-hydrogen) atoms. The number of hydrogen-bond donors (Lipinski definition) is 0. The topological polar surface area (TPSA) is 73.1 Å². The summed E-state index contributed by atoms with van der Waals surface area (Å²) >= 11 is 0. The zero-order chi connectivity index (χ0) is 18.8. The highest BCUT2D eigenvalue weighted by atomic mass is 16.5. The first-order valence-electron chi connectivity index (χ1n) is 8.89. The lowest BCUT2D eigenvalue weighted by molar-refractivity contribution is 0.0665. The van der Waals surface area contributed by atoms with E-state index in [1.165, 1.54) is 5.56 Å². The van der Waals surface area contributed by atoms with E-state index < -0.39 is 0 Å². The molecule has 0 saturated carbocycles. The number of aryl methyl sites for hydroxylation is 1. The van der Waals surface area contributed by atoms with Crippen molar-refractivity contribution in [1.82, 2.24) is 24.6 Å². The number of methoxy groups -OCH3 is 1. The molecule has 1 aliphatic heterocycles. The second-order valence-electron chi connectivity index (χ2n) is 6.64. The Kier molecular flexibility index (Phi) is 4.58. The minimum absolute atomic E-state index is 0.0840. The van der Waals surface area contributed by atoms with Gasteiger partial charge in [-0.15, -0.1) is 10.2 Å². The van der Waals surface area contributed by atoms with Crippen LogP contribution in [0.2, 0.25) is 0 Å². The van der Waals surface area contributed by atoms with E-state index in [-0.39, 0.29) is 11.9 Å². The van der Waals surface area contributed by atoms with Crippen molar-refractivity contribution in [1.29, 1.82) is 0 Å². The van der Waals surface area contributed by atoms with Gasteiger partial charge in [0.1, 0.15) is 17.3 Å². The SMILES string of the molecule is COc1ccnc(C(=O)N2Cc3nnc(C)n3[C@H](Cc3ccccc3)C2)c1. The number of benzene rings is 1. The Morgan fingerprint density at radius 3 is 2.81 bits per heavy atom. The number of rotatable bonds is 4. The Morgan fingerprint density at radius 1 is 1.22 bits per heavy atom. The molecule has 1 atom stereocenters. The minimum atomic E-state index is -0.126. The summed E-state index contributed by atoms with van der Waals surface area (Å²) in [5.74, 6) is 2.16. The van der Waals surface area contributed by atoms with E-state index in [0.29, 0.717) is 24.5 Å². The fourth-order valence-corrected chi connectivity index (χ4v) is 3.58. The molecule has 1 aromatic carbocycles. The first-order chi connectivity index (χ1) is 13.2. The van der Waals surface area contributed by atoms with Crippen molar-refractivity contribution in [3.63, 3.8) is 0 Å². The lowest BCUT2D eigenvalue weighted by atomic mass is 10.0. The summed E-state index contributed by atoms with van der Waals surface area (Å²) in [6.07, 6.45) is 2.39. The number of carbonyl (C=O) groups excluding carboxylic acids is 1.